The van der Waals surface area contributed by atoms with Gasteiger partial charge in [-0.15, -0.1) is 0 Å². The average Bonchev–Trinajstić information content (AvgIpc) is 2.44. The Kier molecular flexibility index (Phi) is 10.3. The number of aliphatic hydroxyl groups is 1. The van der Waals surface area contributed by atoms with Crippen molar-refractivity contribution in [1.29, 1.82) is 0 Å². The van der Waals surface area contributed by atoms with Crippen LogP contribution in [0.5, 0.6) is 0 Å². The van der Waals surface area contributed by atoms with Gasteiger partial charge in [-0.3, -0.25) is 0 Å². The van der Waals surface area contributed by atoms with Crippen molar-refractivity contribution in [2.75, 3.05) is 26.3 Å². The zero-order valence-corrected chi connectivity index (χ0v) is 14.1. The van der Waals surface area contributed by atoms with Crippen LogP contribution in [0.15, 0.2) is 0 Å². The van der Waals surface area contributed by atoms with Gasteiger partial charge in [-0.25, -0.2) is 0 Å². The molecule has 1 rings (SSSR count). The fraction of sp³-hybridized carbons (Fsp3) is 1.00. The van der Waals surface area contributed by atoms with E-state index in [1.54, 1.807) is 0 Å². The predicted molar refractivity (Wildman–Crippen MR) is 86.6 cm³/mol. The molecule has 4 nitrogen and oxygen atoms in total. The van der Waals surface area contributed by atoms with Gasteiger partial charge in [0.25, 0.3) is 0 Å². The first-order valence-corrected chi connectivity index (χ1v) is 8.70. The van der Waals surface area contributed by atoms with Crippen molar-refractivity contribution in [1.82, 2.24) is 5.32 Å². The SMILES string of the molecule is CC1CCCC(OCC(O)CNCCCCOC(C)C)C1. The zero-order chi connectivity index (χ0) is 15.5. The van der Waals surface area contributed by atoms with E-state index in [2.05, 4.69) is 26.1 Å². The Balaban J connectivity index is 1.90. The molecular formula is C17H35NO3. The molecule has 126 valence electrons. The summed E-state index contributed by atoms with van der Waals surface area (Å²) in [5.41, 5.74) is 0. The molecule has 2 N–H and O–H groups in total. The van der Waals surface area contributed by atoms with Crippen LogP contribution in [0.25, 0.3) is 0 Å². The highest BCUT2D eigenvalue weighted by atomic mass is 16.5. The van der Waals surface area contributed by atoms with Crippen LogP contribution in [0.3, 0.4) is 0 Å². The third kappa shape index (κ3) is 10.2. The smallest absolute Gasteiger partial charge is 0.0897 e. The number of hydrogen-bond acceptors (Lipinski definition) is 4. The van der Waals surface area contributed by atoms with Crippen LogP contribution in [-0.2, 0) is 9.47 Å². The molecule has 0 radical (unpaired) electrons. The summed E-state index contributed by atoms with van der Waals surface area (Å²) in [5.74, 6) is 0.770. The molecule has 0 heterocycles. The predicted octanol–water partition coefficient (Wildman–Crippen LogP) is 2.74. The number of hydrogen-bond donors (Lipinski definition) is 2. The van der Waals surface area contributed by atoms with E-state index in [1.807, 2.05) is 0 Å². The van der Waals surface area contributed by atoms with Crippen LogP contribution in [0, 0.1) is 5.92 Å². The molecule has 21 heavy (non-hydrogen) atoms. The van der Waals surface area contributed by atoms with Gasteiger partial charge in [-0.2, -0.15) is 0 Å². The molecule has 0 amide bonds. The Morgan fingerprint density at radius 1 is 1.24 bits per heavy atom. The highest BCUT2D eigenvalue weighted by molar-refractivity contribution is 4.71. The van der Waals surface area contributed by atoms with Crippen molar-refractivity contribution in [2.45, 2.75) is 77.6 Å². The molecule has 1 fully saturated rings. The molecule has 4 heteroatoms. The minimum Gasteiger partial charge on any atom is -0.389 e. The lowest BCUT2D eigenvalue weighted by molar-refractivity contribution is -0.0305. The lowest BCUT2D eigenvalue weighted by Gasteiger charge is -2.27. The van der Waals surface area contributed by atoms with Crippen molar-refractivity contribution in [3.05, 3.63) is 0 Å². The third-order valence-electron chi connectivity index (χ3n) is 3.99. The van der Waals surface area contributed by atoms with E-state index < -0.39 is 6.10 Å². The van der Waals surface area contributed by atoms with Crippen molar-refractivity contribution in [3.8, 4) is 0 Å². The molecular weight excluding hydrogens is 266 g/mol. The number of unbranched alkanes of at least 4 members (excludes halogenated alkanes) is 1. The summed E-state index contributed by atoms with van der Waals surface area (Å²) in [5, 5.41) is 13.2. The van der Waals surface area contributed by atoms with Gasteiger partial charge in [0.15, 0.2) is 0 Å². The summed E-state index contributed by atoms with van der Waals surface area (Å²) in [4.78, 5) is 0. The molecule has 3 atom stereocenters. The Hall–Kier alpha value is -0.160. The normalized spacial score (nSPS) is 24.4. The maximum atomic E-state index is 9.91. The van der Waals surface area contributed by atoms with Crippen LogP contribution < -0.4 is 5.32 Å². The largest absolute Gasteiger partial charge is 0.389 e. The van der Waals surface area contributed by atoms with E-state index in [0.29, 0.717) is 25.4 Å². The van der Waals surface area contributed by atoms with Crippen molar-refractivity contribution >= 4 is 0 Å². The molecule has 0 bridgehead atoms. The molecule has 1 aliphatic carbocycles. The van der Waals surface area contributed by atoms with Gasteiger partial charge in [0.1, 0.15) is 0 Å². The van der Waals surface area contributed by atoms with E-state index in [4.69, 9.17) is 9.47 Å². The molecule has 0 aromatic rings. The summed E-state index contributed by atoms with van der Waals surface area (Å²) in [6.07, 6.45) is 7.32. The Morgan fingerprint density at radius 3 is 2.76 bits per heavy atom. The van der Waals surface area contributed by atoms with Gasteiger partial charge in [-0.1, -0.05) is 19.8 Å². The van der Waals surface area contributed by atoms with Gasteiger partial charge in [0.2, 0.25) is 0 Å². The van der Waals surface area contributed by atoms with E-state index in [0.717, 1.165) is 44.8 Å². The van der Waals surface area contributed by atoms with Gasteiger partial charge < -0.3 is 19.9 Å². The molecule has 0 aromatic heterocycles. The maximum absolute atomic E-state index is 9.91. The second kappa shape index (κ2) is 11.4. The molecule has 1 aliphatic rings. The highest BCUT2D eigenvalue weighted by Crippen LogP contribution is 2.25. The summed E-state index contributed by atoms with van der Waals surface area (Å²) >= 11 is 0. The topological polar surface area (TPSA) is 50.7 Å². The second-order valence-electron chi connectivity index (χ2n) is 6.71. The number of nitrogens with one attached hydrogen (secondary N) is 1. The third-order valence-corrected chi connectivity index (χ3v) is 3.99. The molecule has 1 saturated carbocycles. The molecule has 3 unspecified atom stereocenters. The van der Waals surface area contributed by atoms with Gasteiger partial charge in [-0.05, 0) is 52.0 Å². The van der Waals surface area contributed by atoms with Crippen LogP contribution in [-0.4, -0.2) is 49.7 Å². The van der Waals surface area contributed by atoms with Gasteiger partial charge in [0, 0.05) is 13.2 Å². The van der Waals surface area contributed by atoms with Gasteiger partial charge in [0.05, 0.1) is 24.9 Å². The quantitative estimate of drug-likeness (QED) is 0.576. The minimum absolute atomic E-state index is 0.319. The fourth-order valence-corrected chi connectivity index (χ4v) is 2.78. The van der Waals surface area contributed by atoms with Crippen molar-refractivity contribution in [2.24, 2.45) is 5.92 Å². The summed E-state index contributed by atoms with van der Waals surface area (Å²) in [6.45, 7) is 9.23. The lowest BCUT2D eigenvalue weighted by Crippen LogP contribution is -2.33. The van der Waals surface area contributed by atoms with Crippen LogP contribution in [0.1, 0.15) is 59.3 Å². The first-order chi connectivity index (χ1) is 10.1. The number of rotatable bonds is 11. The first-order valence-electron chi connectivity index (χ1n) is 8.70. The first kappa shape index (κ1) is 18.9. The van der Waals surface area contributed by atoms with Gasteiger partial charge >= 0.3 is 0 Å². The van der Waals surface area contributed by atoms with Crippen LogP contribution in [0.4, 0.5) is 0 Å². The fourth-order valence-electron chi connectivity index (χ4n) is 2.78. The zero-order valence-electron chi connectivity index (χ0n) is 14.1. The monoisotopic (exact) mass is 301 g/mol. The van der Waals surface area contributed by atoms with E-state index in [9.17, 15) is 5.11 Å². The van der Waals surface area contributed by atoms with Crippen molar-refractivity contribution in [3.63, 3.8) is 0 Å². The highest BCUT2D eigenvalue weighted by Gasteiger charge is 2.20. The number of ether oxygens (including phenoxy) is 2. The molecule has 0 aromatic carbocycles. The van der Waals surface area contributed by atoms with Crippen LogP contribution >= 0.6 is 0 Å². The molecule has 0 saturated heterocycles. The average molecular weight is 301 g/mol. The summed E-state index contributed by atoms with van der Waals surface area (Å²) in [6, 6.07) is 0. The number of aliphatic hydroxyl groups excluding tert-OH is 1. The summed E-state index contributed by atoms with van der Waals surface area (Å²) in [7, 11) is 0. The lowest BCUT2D eigenvalue weighted by atomic mass is 9.89. The van der Waals surface area contributed by atoms with E-state index in [1.165, 1.54) is 12.8 Å². The minimum atomic E-state index is -0.394. The van der Waals surface area contributed by atoms with Crippen LogP contribution in [0.2, 0.25) is 0 Å². The molecule has 0 aliphatic heterocycles. The second-order valence-corrected chi connectivity index (χ2v) is 6.71. The molecule has 0 spiro atoms. The Morgan fingerprint density at radius 2 is 2.05 bits per heavy atom. The summed E-state index contributed by atoms with van der Waals surface area (Å²) < 4.78 is 11.3. The Bertz CT molecular complexity index is 248. The van der Waals surface area contributed by atoms with Crippen molar-refractivity contribution < 1.29 is 14.6 Å². The Labute approximate surface area is 130 Å². The maximum Gasteiger partial charge on any atom is 0.0897 e. The standard InChI is InChI=1S/C17H35NO3/c1-14(2)20-10-5-4-9-18-12-16(19)13-21-17-8-6-7-15(3)11-17/h14-19H,4-13H2,1-3H3. The van der Waals surface area contributed by atoms with E-state index >= 15 is 0 Å². The van der Waals surface area contributed by atoms with E-state index in [-0.39, 0.29) is 0 Å².